The summed E-state index contributed by atoms with van der Waals surface area (Å²) in [5.74, 6) is 1.37. The quantitative estimate of drug-likeness (QED) is 0.883. The van der Waals surface area contributed by atoms with Gasteiger partial charge in [0.25, 0.3) is 0 Å². The molecule has 0 aromatic heterocycles. The predicted molar refractivity (Wildman–Crippen MR) is 91.8 cm³/mol. The lowest BCUT2D eigenvalue weighted by molar-refractivity contribution is 0.304. The molecule has 2 aromatic rings. The highest BCUT2D eigenvalue weighted by atomic mass is 35.5. The van der Waals surface area contributed by atoms with Crippen LogP contribution in [0.25, 0.3) is 0 Å². The van der Waals surface area contributed by atoms with Crippen molar-refractivity contribution in [2.24, 2.45) is 0 Å². The third kappa shape index (κ3) is 3.63. The Morgan fingerprint density at radius 3 is 2.73 bits per heavy atom. The van der Waals surface area contributed by atoms with E-state index in [-0.39, 0.29) is 0 Å². The van der Waals surface area contributed by atoms with E-state index in [1.807, 2.05) is 18.2 Å². The lowest BCUT2D eigenvalue weighted by Gasteiger charge is -2.24. The Balaban J connectivity index is 1.74. The molecule has 3 heteroatoms. The summed E-state index contributed by atoms with van der Waals surface area (Å²) in [5.41, 5.74) is 3.59. The molecule has 1 unspecified atom stereocenters. The van der Waals surface area contributed by atoms with E-state index in [4.69, 9.17) is 16.3 Å². The van der Waals surface area contributed by atoms with Crippen LogP contribution in [0.4, 0.5) is 0 Å². The molecule has 116 valence electrons. The zero-order valence-corrected chi connectivity index (χ0v) is 13.7. The molecule has 0 spiro atoms. The van der Waals surface area contributed by atoms with E-state index in [0.29, 0.717) is 12.5 Å². The fourth-order valence-electron chi connectivity index (χ4n) is 3.04. The van der Waals surface area contributed by atoms with Crippen LogP contribution in [0, 0.1) is 6.92 Å². The van der Waals surface area contributed by atoms with Gasteiger partial charge in [0, 0.05) is 6.54 Å². The Kier molecular flexibility index (Phi) is 5.01. The Morgan fingerprint density at radius 2 is 2.05 bits per heavy atom. The summed E-state index contributed by atoms with van der Waals surface area (Å²) in [5, 5.41) is 4.18. The summed E-state index contributed by atoms with van der Waals surface area (Å²) >= 11 is 6.47. The second-order valence-electron chi connectivity index (χ2n) is 5.97. The van der Waals surface area contributed by atoms with Gasteiger partial charge >= 0.3 is 0 Å². The smallest absolute Gasteiger partial charge is 0.141 e. The van der Waals surface area contributed by atoms with Gasteiger partial charge in [-0.05, 0) is 55.0 Å². The molecule has 0 amide bonds. The van der Waals surface area contributed by atoms with Gasteiger partial charge in [-0.2, -0.15) is 0 Å². The lowest BCUT2D eigenvalue weighted by atomic mass is 9.90. The number of halogens is 1. The van der Waals surface area contributed by atoms with Crippen LogP contribution in [0.1, 0.15) is 35.4 Å². The summed E-state index contributed by atoms with van der Waals surface area (Å²) in [6, 6.07) is 14.5. The topological polar surface area (TPSA) is 21.3 Å². The minimum Gasteiger partial charge on any atom is -0.487 e. The fourth-order valence-corrected chi connectivity index (χ4v) is 3.37. The monoisotopic (exact) mass is 315 g/mol. The average Bonchev–Trinajstić information content (AvgIpc) is 2.56. The number of benzene rings is 2. The van der Waals surface area contributed by atoms with Crippen molar-refractivity contribution in [1.29, 1.82) is 0 Å². The zero-order valence-electron chi connectivity index (χ0n) is 12.9. The zero-order chi connectivity index (χ0) is 15.4. The highest BCUT2D eigenvalue weighted by Gasteiger charge is 2.18. The van der Waals surface area contributed by atoms with Gasteiger partial charge in [-0.25, -0.2) is 0 Å². The molecule has 1 aliphatic rings. The van der Waals surface area contributed by atoms with Crippen LogP contribution in [0.3, 0.4) is 0 Å². The van der Waals surface area contributed by atoms with Crippen molar-refractivity contribution in [1.82, 2.24) is 5.32 Å². The second kappa shape index (κ2) is 7.17. The Hall–Kier alpha value is -1.51. The van der Waals surface area contributed by atoms with Gasteiger partial charge < -0.3 is 10.1 Å². The molecule has 2 aromatic carbocycles. The van der Waals surface area contributed by atoms with Gasteiger partial charge in [-0.3, -0.25) is 0 Å². The van der Waals surface area contributed by atoms with Crippen LogP contribution >= 0.6 is 11.6 Å². The van der Waals surface area contributed by atoms with E-state index >= 15 is 0 Å². The number of piperidine rings is 1. The maximum atomic E-state index is 6.47. The first-order chi connectivity index (χ1) is 10.7. The highest BCUT2D eigenvalue weighted by molar-refractivity contribution is 6.32. The van der Waals surface area contributed by atoms with Gasteiger partial charge in [0.1, 0.15) is 12.4 Å². The summed E-state index contributed by atoms with van der Waals surface area (Å²) in [7, 11) is 0. The van der Waals surface area contributed by atoms with Crippen molar-refractivity contribution in [3.63, 3.8) is 0 Å². The minimum atomic E-state index is 0.547. The van der Waals surface area contributed by atoms with Crippen LogP contribution in [-0.2, 0) is 6.61 Å². The Morgan fingerprint density at radius 1 is 1.23 bits per heavy atom. The van der Waals surface area contributed by atoms with E-state index in [1.165, 1.54) is 18.4 Å². The molecule has 0 bridgehead atoms. The first-order valence-corrected chi connectivity index (χ1v) is 8.29. The van der Waals surface area contributed by atoms with E-state index in [1.54, 1.807) is 0 Å². The van der Waals surface area contributed by atoms with Crippen LogP contribution in [-0.4, -0.2) is 13.1 Å². The SMILES string of the molecule is Cc1cc(C2CCCNC2)cc(Cl)c1OCc1ccccc1. The standard InChI is InChI=1S/C19H22ClNO/c1-14-10-17(16-8-5-9-21-12-16)11-18(20)19(14)22-13-15-6-3-2-4-7-15/h2-4,6-7,10-11,16,21H,5,8-9,12-13H2,1H3. The van der Waals surface area contributed by atoms with Crippen molar-refractivity contribution in [2.75, 3.05) is 13.1 Å². The molecule has 1 N–H and O–H groups in total. The third-order valence-corrected chi connectivity index (χ3v) is 4.53. The number of nitrogens with one attached hydrogen (secondary N) is 1. The molecule has 1 aliphatic heterocycles. The highest BCUT2D eigenvalue weighted by Crippen LogP contribution is 2.34. The van der Waals surface area contributed by atoms with Crippen molar-refractivity contribution < 1.29 is 4.74 Å². The molecule has 1 atom stereocenters. The van der Waals surface area contributed by atoms with Crippen LogP contribution < -0.4 is 10.1 Å². The van der Waals surface area contributed by atoms with E-state index in [9.17, 15) is 0 Å². The number of ether oxygens (including phenoxy) is 1. The van der Waals surface area contributed by atoms with Gasteiger partial charge in [-0.1, -0.05) is 48.0 Å². The number of hydrogen-bond acceptors (Lipinski definition) is 2. The van der Waals surface area contributed by atoms with Gasteiger partial charge in [-0.15, -0.1) is 0 Å². The van der Waals surface area contributed by atoms with E-state index in [2.05, 4.69) is 36.5 Å². The maximum Gasteiger partial charge on any atom is 0.141 e. The Bertz CT molecular complexity index is 598. The molecule has 0 aliphatic carbocycles. The first kappa shape index (κ1) is 15.4. The van der Waals surface area contributed by atoms with Crippen molar-refractivity contribution >= 4 is 11.6 Å². The van der Waals surface area contributed by atoms with Crippen molar-refractivity contribution in [3.8, 4) is 5.75 Å². The van der Waals surface area contributed by atoms with Crippen LogP contribution in [0.2, 0.25) is 5.02 Å². The van der Waals surface area contributed by atoms with Crippen LogP contribution in [0.5, 0.6) is 5.75 Å². The third-order valence-electron chi connectivity index (χ3n) is 4.25. The molecule has 1 saturated heterocycles. The minimum absolute atomic E-state index is 0.547. The van der Waals surface area contributed by atoms with Gasteiger partial charge in [0.2, 0.25) is 0 Å². The molecular weight excluding hydrogens is 294 g/mol. The molecule has 2 nitrogen and oxygen atoms in total. The van der Waals surface area contributed by atoms with Gasteiger partial charge in [0.05, 0.1) is 5.02 Å². The molecule has 3 rings (SSSR count). The van der Waals surface area contributed by atoms with Crippen LogP contribution in [0.15, 0.2) is 42.5 Å². The molecule has 0 radical (unpaired) electrons. The lowest BCUT2D eigenvalue weighted by Crippen LogP contribution is -2.28. The molecule has 1 heterocycles. The normalized spacial score (nSPS) is 18.2. The predicted octanol–water partition coefficient (Wildman–Crippen LogP) is 4.69. The van der Waals surface area contributed by atoms with E-state index in [0.717, 1.165) is 35.0 Å². The number of rotatable bonds is 4. The first-order valence-electron chi connectivity index (χ1n) is 7.91. The average molecular weight is 316 g/mol. The number of aryl methyl sites for hydroxylation is 1. The molecule has 22 heavy (non-hydrogen) atoms. The van der Waals surface area contributed by atoms with E-state index < -0.39 is 0 Å². The molecular formula is C19H22ClNO. The van der Waals surface area contributed by atoms with Gasteiger partial charge in [0.15, 0.2) is 0 Å². The second-order valence-corrected chi connectivity index (χ2v) is 6.37. The summed E-state index contributed by atoms with van der Waals surface area (Å²) in [6.07, 6.45) is 2.46. The Labute approximate surface area is 137 Å². The summed E-state index contributed by atoms with van der Waals surface area (Å²) in [4.78, 5) is 0. The van der Waals surface area contributed by atoms with Crippen molar-refractivity contribution in [2.45, 2.75) is 32.3 Å². The largest absolute Gasteiger partial charge is 0.487 e. The number of hydrogen-bond donors (Lipinski definition) is 1. The summed E-state index contributed by atoms with van der Waals surface area (Å²) < 4.78 is 5.95. The summed E-state index contributed by atoms with van der Waals surface area (Å²) in [6.45, 7) is 4.79. The maximum absolute atomic E-state index is 6.47. The fraction of sp³-hybridized carbons (Fsp3) is 0.368. The molecule has 1 fully saturated rings. The molecule has 0 saturated carbocycles. The van der Waals surface area contributed by atoms with Crippen molar-refractivity contribution in [3.05, 3.63) is 64.2 Å².